The predicted octanol–water partition coefficient (Wildman–Crippen LogP) is -0.579. The second-order valence-corrected chi connectivity index (χ2v) is 2.54. The number of hydrogen-bond acceptors (Lipinski definition) is 2. The molecule has 0 unspecified atom stereocenters. The van der Waals surface area contributed by atoms with E-state index in [0.717, 1.165) is 5.65 Å². The van der Waals surface area contributed by atoms with Gasteiger partial charge in [0.2, 0.25) is 0 Å². The lowest BCUT2D eigenvalue weighted by molar-refractivity contribution is 0.274. The summed E-state index contributed by atoms with van der Waals surface area (Å²) in [4.78, 5) is 14.3. The highest BCUT2D eigenvalue weighted by Crippen LogP contribution is 1.95. The number of H-pyrrole nitrogens is 1. The number of aromatic nitrogens is 3. The van der Waals surface area contributed by atoms with E-state index in [2.05, 4.69) is 4.98 Å². The molecule has 2 aromatic heterocycles. The number of aliphatic hydroxyl groups excluding tert-OH is 1. The molecule has 0 radical (unpaired) electrons. The third-order valence-corrected chi connectivity index (χ3v) is 1.79. The molecule has 0 fully saturated rings. The van der Waals surface area contributed by atoms with Gasteiger partial charge >= 0.3 is 5.69 Å². The van der Waals surface area contributed by atoms with E-state index in [1.807, 2.05) is 0 Å². The normalized spacial score (nSPS) is 11.1. The molecule has 0 aliphatic rings. The zero-order chi connectivity index (χ0) is 8.55. The van der Waals surface area contributed by atoms with E-state index in [-0.39, 0.29) is 12.3 Å². The maximum absolute atomic E-state index is 11.4. The summed E-state index contributed by atoms with van der Waals surface area (Å²) in [6.07, 6.45) is 5.03. The Morgan fingerprint density at radius 2 is 2.42 bits per heavy atom. The van der Waals surface area contributed by atoms with Crippen LogP contribution in [0.4, 0.5) is 0 Å². The Morgan fingerprint density at radius 1 is 1.58 bits per heavy atom. The van der Waals surface area contributed by atoms with E-state index in [0.29, 0.717) is 6.54 Å². The highest BCUT2D eigenvalue weighted by molar-refractivity contribution is 5.35. The van der Waals surface area contributed by atoms with Crippen LogP contribution in [-0.2, 0) is 6.54 Å². The van der Waals surface area contributed by atoms with Crippen LogP contribution in [0, 0.1) is 0 Å². The molecule has 0 amide bonds. The Balaban J connectivity index is 2.63. The van der Waals surface area contributed by atoms with Gasteiger partial charge in [0.15, 0.2) is 0 Å². The van der Waals surface area contributed by atoms with Gasteiger partial charge in [-0.15, -0.1) is 0 Å². The van der Waals surface area contributed by atoms with E-state index in [1.165, 1.54) is 8.97 Å². The fourth-order valence-electron chi connectivity index (χ4n) is 1.22. The van der Waals surface area contributed by atoms with Crippen molar-refractivity contribution in [3.8, 4) is 0 Å². The van der Waals surface area contributed by atoms with E-state index in [1.54, 1.807) is 18.6 Å². The van der Waals surface area contributed by atoms with E-state index >= 15 is 0 Å². The molecule has 0 aliphatic carbocycles. The zero-order valence-electron chi connectivity index (χ0n) is 6.40. The first-order chi connectivity index (χ1) is 5.83. The van der Waals surface area contributed by atoms with Gasteiger partial charge in [0, 0.05) is 12.4 Å². The van der Waals surface area contributed by atoms with Crippen molar-refractivity contribution >= 4 is 5.65 Å². The van der Waals surface area contributed by atoms with Crippen molar-refractivity contribution in [1.29, 1.82) is 0 Å². The van der Waals surface area contributed by atoms with Crippen molar-refractivity contribution in [3.05, 3.63) is 29.1 Å². The third-order valence-electron chi connectivity index (χ3n) is 1.79. The lowest BCUT2D eigenvalue weighted by atomic mass is 10.6. The predicted molar refractivity (Wildman–Crippen MR) is 43.1 cm³/mol. The second kappa shape index (κ2) is 2.53. The zero-order valence-corrected chi connectivity index (χ0v) is 6.40. The lowest BCUT2D eigenvalue weighted by Crippen LogP contribution is -2.20. The van der Waals surface area contributed by atoms with Crippen LogP contribution in [0.25, 0.3) is 5.65 Å². The largest absolute Gasteiger partial charge is 0.395 e. The fraction of sp³-hybridized carbons (Fsp3) is 0.286. The van der Waals surface area contributed by atoms with Gasteiger partial charge in [-0.25, -0.2) is 4.79 Å². The van der Waals surface area contributed by atoms with Crippen LogP contribution in [-0.4, -0.2) is 25.7 Å². The van der Waals surface area contributed by atoms with Crippen molar-refractivity contribution in [2.75, 3.05) is 6.61 Å². The Bertz CT molecular complexity index is 437. The van der Waals surface area contributed by atoms with Gasteiger partial charge in [-0.3, -0.25) is 8.97 Å². The smallest absolute Gasteiger partial charge is 0.334 e. The summed E-state index contributed by atoms with van der Waals surface area (Å²) in [7, 11) is 0. The van der Waals surface area contributed by atoms with Gasteiger partial charge in [-0.1, -0.05) is 0 Å². The SMILES string of the molecule is O=c1n(CCO)cc2[nH]ccn12. The molecule has 0 aliphatic heterocycles. The van der Waals surface area contributed by atoms with Gasteiger partial charge < -0.3 is 10.1 Å². The molecule has 2 heterocycles. The second-order valence-electron chi connectivity index (χ2n) is 2.54. The molecule has 0 bridgehead atoms. The molecular formula is C7H9N3O2. The summed E-state index contributed by atoms with van der Waals surface area (Å²) in [6.45, 7) is 0.321. The standard InChI is InChI=1S/C7H9N3O2/c11-4-3-9-5-6-8-1-2-10(6)7(9)12/h1-2,5,8,11H,3-4H2. The van der Waals surface area contributed by atoms with E-state index in [4.69, 9.17) is 5.11 Å². The van der Waals surface area contributed by atoms with Crippen molar-refractivity contribution in [2.45, 2.75) is 6.54 Å². The molecule has 0 saturated heterocycles. The van der Waals surface area contributed by atoms with Crippen molar-refractivity contribution in [1.82, 2.24) is 14.0 Å². The maximum atomic E-state index is 11.4. The van der Waals surface area contributed by atoms with Gasteiger partial charge in [0.25, 0.3) is 0 Å². The highest BCUT2D eigenvalue weighted by atomic mass is 16.3. The topological polar surface area (TPSA) is 62.4 Å². The number of rotatable bonds is 2. The Hall–Kier alpha value is -1.49. The average molecular weight is 167 g/mol. The summed E-state index contributed by atoms with van der Waals surface area (Å²) in [5.74, 6) is 0. The summed E-state index contributed by atoms with van der Waals surface area (Å²) >= 11 is 0. The summed E-state index contributed by atoms with van der Waals surface area (Å²) in [5, 5.41) is 8.63. The van der Waals surface area contributed by atoms with Crippen molar-refractivity contribution in [2.24, 2.45) is 0 Å². The minimum Gasteiger partial charge on any atom is -0.395 e. The van der Waals surface area contributed by atoms with Crippen LogP contribution < -0.4 is 5.69 Å². The molecule has 5 heteroatoms. The quantitative estimate of drug-likeness (QED) is 0.628. The average Bonchev–Trinajstić information content (AvgIpc) is 2.58. The molecule has 0 aromatic carbocycles. The van der Waals surface area contributed by atoms with Crippen molar-refractivity contribution < 1.29 is 5.11 Å². The Morgan fingerprint density at radius 3 is 3.08 bits per heavy atom. The molecule has 5 nitrogen and oxygen atoms in total. The Kier molecular flexibility index (Phi) is 1.51. The summed E-state index contributed by atoms with van der Waals surface area (Å²) in [5.41, 5.74) is 0.619. The minimum absolute atomic E-state index is 0.0208. The van der Waals surface area contributed by atoms with Gasteiger partial charge in [0.1, 0.15) is 5.65 Å². The highest BCUT2D eigenvalue weighted by Gasteiger charge is 2.02. The number of aliphatic hydroxyl groups is 1. The third kappa shape index (κ3) is 0.868. The molecule has 12 heavy (non-hydrogen) atoms. The lowest BCUT2D eigenvalue weighted by Gasteiger charge is -1.92. The number of nitrogens with zero attached hydrogens (tertiary/aromatic N) is 2. The van der Waals surface area contributed by atoms with Crippen LogP contribution in [0.15, 0.2) is 23.4 Å². The van der Waals surface area contributed by atoms with Crippen LogP contribution in [0.1, 0.15) is 0 Å². The number of fused-ring (bicyclic) bond motifs is 1. The Labute approximate surface area is 67.9 Å². The molecule has 2 N–H and O–H groups in total. The van der Waals surface area contributed by atoms with Crippen LogP contribution in [0.2, 0.25) is 0 Å². The van der Waals surface area contributed by atoms with Crippen LogP contribution >= 0.6 is 0 Å². The molecular weight excluding hydrogens is 158 g/mol. The fourth-order valence-corrected chi connectivity index (χ4v) is 1.22. The first-order valence-corrected chi connectivity index (χ1v) is 3.68. The molecule has 0 saturated carbocycles. The van der Waals surface area contributed by atoms with Gasteiger partial charge in [-0.05, 0) is 0 Å². The number of imidazole rings is 2. The number of nitrogens with one attached hydrogen (secondary N) is 1. The first kappa shape index (κ1) is 7.17. The molecule has 0 spiro atoms. The van der Waals surface area contributed by atoms with E-state index in [9.17, 15) is 4.79 Å². The van der Waals surface area contributed by atoms with Crippen molar-refractivity contribution in [3.63, 3.8) is 0 Å². The molecule has 64 valence electrons. The van der Waals surface area contributed by atoms with Crippen LogP contribution in [0.3, 0.4) is 0 Å². The molecule has 0 atom stereocenters. The maximum Gasteiger partial charge on any atom is 0.334 e. The summed E-state index contributed by atoms with van der Waals surface area (Å²) < 4.78 is 2.96. The summed E-state index contributed by atoms with van der Waals surface area (Å²) in [6, 6.07) is 0. The van der Waals surface area contributed by atoms with E-state index < -0.39 is 0 Å². The van der Waals surface area contributed by atoms with Gasteiger partial charge in [-0.2, -0.15) is 0 Å². The number of hydrogen-bond donors (Lipinski definition) is 2. The monoisotopic (exact) mass is 167 g/mol. The van der Waals surface area contributed by atoms with Crippen LogP contribution in [0.5, 0.6) is 0 Å². The first-order valence-electron chi connectivity index (χ1n) is 3.68. The van der Waals surface area contributed by atoms with Gasteiger partial charge in [0.05, 0.1) is 19.3 Å². The number of aromatic amines is 1. The molecule has 2 rings (SSSR count). The molecule has 2 aromatic rings. The minimum atomic E-state index is -0.125.